The van der Waals surface area contributed by atoms with Crippen LogP contribution >= 0.6 is 0 Å². The molecule has 0 bridgehead atoms. The van der Waals surface area contributed by atoms with Crippen LogP contribution in [0.2, 0.25) is 0 Å². The van der Waals surface area contributed by atoms with Crippen molar-refractivity contribution < 1.29 is 19.4 Å². The van der Waals surface area contributed by atoms with Crippen molar-refractivity contribution in [3.8, 4) is 0 Å². The Hall–Kier alpha value is -1.14. The van der Waals surface area contributed by atoms with Crippen molar-refractivity contribution in [1.82, 2.24) is 4.90 Å². The van der Waals surface area contributed by atoms with Gasteiger partial charge < -0.3 is 15.6 Å². The van der Waals surface area contributed by atoms with Crippen molar-refractivity contribution in [3.63, 3.8) is 0 Å². The summed E-state index contributed by atoms with van der Waals surface area (Å²) in [6, 6.07) is -0.660. The molecule has 2 atom stereocenters. The summed E-state index contributed by atoms with van der Waals surface area (Å²) in [5.41, 5.74) is 5.09. The molecule has 1 rings (SSSR count). The van der Waals surface area contributed by atoms with Gasteiger partial charge in [-0.05, 0) is 12.8 Å². The SMILES string of the molecule is COC(C(N)=O)N1CCCC1C(=O)O. The molecule has 0 saturated carbocycles. The van der Waals surface area contributed by atoms with Crippen LogP contribution in [0.1, 0.15) is 12.8 Å². The van der Waals surface area contributed by atoms with E-state index < -0.39 is 24.1 Å². The van der Waals surface area contributed by atoms with Crippen LogP contribution in [0.15, 0.2) is 0 Å². The molecule has 1 fully saturated rings. The predicted molar refractivity (Wildman–Crippen MR) is 47.4 cm³/mol. The Morgan fingerprint density at radius 2 is 2.29 bits per heavy atom. The van der Waals surface area contributed by atoms with E-state index in [0.29, 0.717) is 13.0 Å². The minimum Gasteiger partial charge on any atom is -0.480 e. The molecule has 2 unspecified atom stereocenters. The van der Waals surface area contributed by atoms with Crippen molar-refractivity contribution in [2.45, 2.75) is 25.1 Å². The highest BCUT2D eigenvalue weighted by Crippen LogP contribution is 2.20. The van der Waals surface area contributed by atoms with Crippen LogP contribution in [0.25, 0.3) is 0 Å². The molecular weight excluding hydrogens is 188 g/mol. The molecule has 6 heteroatoms. The summed E-state index contributed by atoms with van der Waals surface area (Å²) < 4.78 is 4.86. The van der Waals surface area contributed by atoms with Gasteiger partial charge in [-0.25, -0.2) is 0 Å². The molecular formula is C8H14N2O4. The van der Waals surface area contributed by atoms with E-state index in [9.17, 15) is 9.59 Å². The summed E-state index contributed by atoms with van der Waals surface area (Å²) in [4.78, 5) is 23.2. The maximum atomic E-state index is 10.9. The van der Waals surface area contributed by atoms with Gasteiger partial charge in [-0.2, -0.15) is 0 Å². The first-order valence-electron chi connectivity index (χ1n) is 4.38. The van der Waals surface area contributed by atoms with E-state index in [1.165, 1.54) is 12.0 Å². The lowest BCUT2D eigenvalue weighted by Crippen LogP contribution is -2.50. The number of methoxy groups -OCH3 is 1. The van der Waals surface area contributed by atoms with Gasteiger partial charge in [0.25, 0.3) is 5.91 Å². The highest BCUT2D eigenvalue weighted by atomic mass is 16.5. The largest absolute Gasteiger partial charge is 0.480 e. The number of amides is 1. The first kappa shape index (κ1) is 10.9. The van der Waals surface area contributed by atoms with Crippen molar-refractivity contribution in [2.75, 3.05) is 13.7 Å². The topological polar surface area (TPSA) is 92.9 Å². The number of likely N-dealkylation sites (tertiary alicyclic amines) is 1. The number of carboxylic acids is 1. The fourth-order valence-corrected chi connectivity index (χ4v) is 1.75. The van der Waals surface area contributed by atoms with Gasteiger partial charge in [-0.1, -0.05) is 0 Å². The molecule has 1 heterocycles. The van der Waals surface area contributed by atoms with Gasteiger partial charge in [0.05, 0.1) is 0 Å². The lowest BCUT2D eigenvalue weighted by atomic mass is 10.2. The number of hydrogen-bond donors (Lipinski definition) is 2. The second-order valence-electron chi connectivity index (χ2n) is 3.22. The molecule has 1 saturated heterocycles. The van der Waals surface area contributed by atoms with Crippen LogP contribution in [-0.4, -0.2) is 47.8 Å². The number of hydrogen-bond acceptors (Lipinski definition) is 4. The van der Waals surface area contributed by atoms with Crippen molar-refractivity contribution in [2.24, 2.45) is 5.73 Å². The zero-order valence-corrected chi connectivity index (χ0v) is 7.97. The zero-order valence-electron chi connectivity index (χ0n) is 7.97. The second kappa shape index (κ2) is 4.39. The number of aliphatic carboxylic acids is 1. The molecule has 0 aromatic carbocycles. The number of nitrogens with two attached hydrogens (primary N) is 1. The summed E-state index contributed by atoms with van der Waals surface area (Å²) >= 11 is 0. The van der Waals surface area contributed by atoms with E-state index in [-0.39, 0.29) is 0 Å². The van der Waals surface area contributed by atoms with Crippen LogP contribution in [0.5, 0.6) is 0 Å². The molecule has 1 aliphatic heterocycles. The van der Waals surface area contributed by atoms with E-state index in [1.54, 1.807) is 0 Å². The highest BCUT2D eigenvalue weighted by Gasteiger charge is 2.37. The average molecular weight is 202 g/mol. The minimum atomic E-state index is -0.939. The third-order valence-electron chi connectivity index (χ3n) is 2.35. The minimum absolute atomic E-state index is 0.526. The van der Waals surface area contributed by atoms with Gasteiger partial charge in [0.1, 0.15) is 6.04 Å². The summed E-state index contributed by atoms with van der Waals surface area (Å²) in [5, 5.41) is 8.86. The third-order valence-corrected chi connectivity index (χ3v) is 2.35. The molecule has 0 aromatic rings. The number of carbonyl (C=O) groups is 2. The Kier molecular flexibility index (Phi) is 3.43. The van der Waals surface area contributed by atoms with Crippen molar-refractivity contribution >= 4 is 11.9 Å². The number of primary amides is 1. The van der Waals surface area contributed by atoms with Gasteiger partial charge in [0.15, 0.2) is 6.23 Å². The molecule has 0 spiro atoms. The Morgan fingerprint density at radius 3 is 2.71 bits per heavy atom. The quantitative estimate of drug-likeness (QED) is 0.609. The molecule has 0 aromatic heterocycles. The van der Waals surface area contributed by atoms with Crippen LogP contribution < -0.4 is 5.73 Å². The van der Waals surface area contributed by atoms with Gasteiger partial charge in [-0.3, -0.25) is 14.5 Å². The Bertz CT molecular complexity index is 243. The molecule has 0 aliphatic carbocycles. The maximum Gasteiger partial charge on any atom is 0.321 e. The molecule has 14 heavy (non-hydrogen) atoms. The molecule has 1 amide bonds. The number of carboxylic acid groups (broad SMARTS) is 1. The summed E-state index contributed by atoms with van der Waals surface area (Å²) in [6.07, 6.45) is 0.339. The van der Waals surface area contributed by atoms with Crippen LogP contribution in [0.4, 0.5) is 0 Å². The fourth-order valence-electron chi connectivity index (χ4n) is 1.75. The Balaban J connectivity index is 2.74. The Labute approximate surface area is 81.6 Å². The lowest BCUT2D eigenvalue weighted by molar-refractivity contribution is -0.152. The zero-order chi connectivity index (χ0) is 10.7. The smallest absolute Gasteiger partial charge is 0.321 e. The van der Waals surface area contributed by atoms with Crippen LogP contribution in [-0.2, 0) is 14.3 Å². The van der Waals surface area contributed by atoms with Crippen LogP contribution in [0, 0.1) is 0 Å². The highest BCUT2D eigenvalue weighted by molar-refractivity contribution is 5.80. The van der Waals surface area contributed by atoms with Crippen LogP contribution in [0.3, 0.4) is 0 Å². The summed E-state index contributed by atoms with van der Waals surface area (Å²) in [6.45, 7) is 0.526. The van der Waals surface area contributed by atoms with Gasteiger partial charge in [-0.15, -0.1) is 0 Å². The summed E-state index contributed by atoms with van der Waals surface area (Å²) in [7, 11) is 1.34. The van der Waals surface area contributed by atoms with Gasteiger partial charge in [0, 0.05) is 13.7 Å². The van der Waals surface area contributed by atoms with E-state index in [0.717, 1.165) is 6.42 Å². The normalized spacial score (nSPS) is 24.8. The second-order valence-corrected chi connectivity index (χ2v) is 3.22. The van der Waals surface area contributed by atoms with E-state index in [4.69, 9.17) is 15.6 Å². The monoisotopic (exact) mass is 202 g/mol. The number of nitrogens with zero attached hydrogens (tertiary/aromatic N) is 1. The first-order chi connectivity index (χ1) is 6.57. The standard InChI is InChI=1S/C8H14N2O4/c1-14-7(6(9)11)10-4-2-3-5(10)8(12)13/h5,7H,2-4H2,1H3,(H2,9,11)(H,12,13). The number of rotatable bonds is 4. The maximum absolute atomic E-state index is 10.9. The van der Waals surface area contributed by atoms with E-state index in [2.05, 4.69) is 0 Å². The molecule has 3 N–H and O–H groups in total. The summed E-state index contributed by atoms with van der Waals surface area (Å²) in [5.74, 6) is -1.59. The molecule has 80 valence electrons. The Morgan fingerprint density at radius 1 is 1.64 bits per heavy atom. The number of ether oxygens (including phenoxy) is 1. The van der Waals surface area contributed by atoms with Crippen molar-refractivity contribution in [3.05, 3.63) is 0 Å². The average Bonchev–Trinajstić information content (AvgIpc) is 2.53. The van der Waals surface area contributed by atoms with Gasteiger partial charge in [0.2, 0.25) is 0 Å². The molecule has 6 nitrogen and oxygen atoms in total. The fraction of sp³-hybridized carbons (Fsp3) is 0.750. The van der Waals surface area contributed by atoms with E-state index >= 15 is 0 Å². The van der Waals surface area contributed by atoms with Crippen molar-refractivity contribution in [1.29, 1.82) is 0 Å². The molecule has 1 aliphatic rings. The molecule has 0 radical (unpaired) electrons. The first-order valence-corrected chi connectivity index (χ1v) is 4.38. The van der Waals surface area contributed by atoms with Gasteiger partial charge >= 0.3 is 5.97 Å². The lowest BCUT2D eigenvalue weighted by Gasteiger charge is -2.27. The third kappa shape index (κ3) is 2.02. The predicted octanol–water partition coefficient (Wildman–Crippen LogP) is -1.01. The van der Waals surface area contributed by atoms with E-state index in [1.807, 2.05) is 0 Å². The number of carbonyl (C=O) groups excluding carboxylic acids is 1.